The van der Waals surface area contributed by atoms with E-state index in [9.17, 15) is 13.6 Å². The summed E-state index contributed by atoms with van der Waals surface area (Å²) in [5.41, 5.74) is 1.40. The molecule has 0 aromatic heterocycles. The van der Waals surface area contributed by atoms with Crippen LogP contribution in [0.3, 0.4) is 0 Å². The minimum absolute atomic E-state index is 0.0740. The number of amides is 1. The molecule has 5 heteroatoms. The van der Waals surface area contributed by atoms with Gasteiger partial charge < -0.3 is 10.2 Å². The molecule has 0 bridgehead atoms. The van der Waals surface area contributed by atoms with Gasteiger partial charge in [-0.3, -0.25) is 4.79 Å². The number of carbonyl (C=O) groups is 1. The van der Waals surface area contributed by atoms with Gasteiger partial charge in [0, 0.05) is 25.7 Å². The molecule has 2 aromatic carbocycles. The summed E-state index contributed by atoms with van der Waals surface area (Å²) in [5.74, 6) is -1.18. The normalized spacial score (nSPS) is 18.0. The summed E-state index contributed by atoms with van der Waals surface area (Å²) < 4.78 is 27.3. The van der Waals surface area contributed by atoms with Crippen LogP contribution in [0.15, 0.2) is 42.5 Å². The number of carbonyl (C=O) groups excluding carboxylic acids is 1. The van der Waals surface area contributed by atoms with Crippen molar-refractivity contribution in [3.8, 4) is 11.1 Å². The van der Waals surface area contributed by atoms with E-state index < -0.39 is 5.82 Å². The average molecular weight is 316 g/mol. The first kappa shape index (κ1) is 15.6. The minimum Gasteiger partial charge on any atom is -0.336 e. The SMILES string of the molecule is CC1CN(C(=O)c2ccc(-c3ccc(F)cc3)cc2F)CCN1. The Kier molecular flexibility index (Phi) is 4.39. The lowest BCUT2D eigenvalue weighted by Crippen LogP contribution is -2.51. The van der Waals surface area contributed by atoms with E-state index in [0.717, 1.165) is 0 Å². The lowest BCUT2D eigenvalue weighted by Gasteiger charge is -2.32. The van der Waals surface area contributed by atoms with Crippen molar-refractivity contribution in [2.24, 2.45) is 0 Å². The van der Waals surface area contributed by atoms with Gasteiger partial charge in [0.1, 0.15) is 11.6 Å². The van der Waals surface area contributed by atoms with Gasteiger partial charge in [-0.05, 0) is 42.3 Å². The third-order valence-corrected chi connectivity index (χ3v) is 4.03. The summed E-state index contributed by atoms with van der Waals surface area (Å²) in [4.78, 5) is 14.1. The van der Waals surface area contributed by atoms with Crippen molar-refractivity contribution in [2.75, 3.05) is 19.6 Å². The number of hydrogen-bond donors (Lipinski definition) is 1. The van der Waals surface area contributed by atoms with Gasteiger partial charge in [-0.2, -0.15) is 0 Å². The fourth-order valence-electron chi connectivity index (χ4n) is 2.80. The highest BCUT2D eigenvalue weighted by atomic mass is 19.1. The molecule has 2 aromatic rings. The van der Waals surface area contributed by atoms with E-state index in [1.54, 1.807) is 23.1 Å². The number of piperazine rings is 1. The summed E-state index contributed by atoms with van der Waals surface area (Å²) in [6.45, 7) is 3.84. The van der Waals surface area contributed by atoms with Gasteiger partial charge in [0.25, 0.3) is 5.91 Å². The number of hydrogen-bond acceptors (Lipinski definition) is 2. The maximum Gasteiger partial charge on any atom is 0.256 e. The predicted molar refractivity (Wildman–Crippen MR) is 85.2 cm³/mol. The van der Waals surface area contributed by atoms with E-state index in [0.29, 0.717) is 30.8 Å². The largest absolute Gasteiger partial charge is 0.336 e. The Morgan fingerprint density at radius 3 is 2.48 bits per heavy atom. The standard InChI is InChI=1S/C18H18F2N2O/c1-12-11-22(9-8-21-12)18(23)16-7-4-14(10-17(16)20)13-2-5-15(19)6-3-13/h2-7,10,12,21H,8-9,11H2,1H3. The lowest BCUT2D eigenvalue weighted by atomic mass is 10.0. The van der Waals surface area contributed by atoms with Crippen LogP contribution in [-0.2, 0) is 0 Å². The molecule has 23 heavy (non-hydrogen) atoms. The highest BCUT2D eigenvalue weighted by Gasteiger charge is 2.23. The van der Waals surface area contributed by atoms with E-state index in [-0.39, 0.29) is 23.3 Å². The molecule has 0 aliphatic carbocycles. The van der Waals surface area contributed by atoms with Crippen LogP contribution >= 0.6 is 0 Å². The highest BCUT2D eigenvalue weighted by molar-refractivity contribution is 5.95. The first-order chi connectivity index (χ1) is 11.0. The zero-order valence-corrected chi connectivity index (χ0v) is 12.9. The van der Waals surface area contributed by atoms with Gasteiger partial charge in [-0.15, -0.1) is 0 Å². The first-order valence-electron chi connectivity index (χ1n) is 7.63. The number of benzene rings is 2. The predicted octanol–water partition coefficient (Wildman–Crippen LogP) is 3.07. The fourth-order valence-corrected chi connectivity index (χ4v) is 2.80. The minimum atomic E-state index is -0.553. The Bertz CT molecular complexity index is 715. The Morgan fingerprint density at radius 2 is 1.83 bits per heavy atom. The van der Waals surface area contributed by atoms with Crippen LogP contribution in [0.4, 0.5) is 8.78 Å². The molecule has 1 unspecified atom stereocenters. The van der Waals surface area contributed by atoms with Gasteiger partial charge in [0.15, 0.2) is 0 Å². The molecule has 1 amide bonds. The van der Waals surface area contributed by atoms with Gasteiger partial charge in [0.2, 0.25) is 0 Å². The van der Waals surface area contributed by atoms with E-state index in [2.05, 4.69) is 5.32 Å². The van der Waals surface area contributed by atoms with Crippen molar-refractivity contribution in [1.82, 2.24) is 10.2 Å². The van der Waals surface area contributed by atoms with Crippen LogP contribution in [0.25, 0.3) is 11.1 Å². The summed E-state index contributed by atoms with van der Waals surface area (Å²) in [5, 5.41) is 3.25. The molecule has 0 saturated carbocycles. The van der Waals surface area contributed by atoms with E-state index >= 15 is 0 Å². The number of nitrogens with zero attached hydrogens (tertiary/aromatic N) is 1. The van der Waals surface area contributed by atoms with Crippen molar-refractivity contribution in [1.29, 1.82) is 0 Å². The van der Waals surface area contributed by atoms with Crippen LogP contribution < -0.4 is 5.32 Å². The quantitative estimate of drug-likeness (QED) is 0.923. The topological polar surface area (TPSA) is 32.3 Å². The second-order valence-corrected chi connectivity index (χ2v) is 5.81. The number of nitrogens with one attached hydrogen (secondary N) is 1. The molecule has 1 heterocycles. The second-order valence-electron chi connectivity index (χ2n) is 5.81. The highest BCUT2D eigenvalue weighted by Crippen LogP contribution is 2.23. The van der Waals surface area contributed by atoms with Crippen molar-refractivity contribution < 1.29 is 13.6 Å². The zero-order chi connectivity index (χ0) is 16.4. The van der Waals surface area contributed by atoms with Crippen molar-refractivity contribution in [3.05, 3.63) is 59.7 Å². The molecule has 1 fully saturated rings. The van der Waals surface area contributed by atoms with Crippen LogP contribution in [0.5, 0.6) is 0 Å². The van der Waals surface area contributed by atoms with Crippen LogP contribution in [0, 0.1) is 11.6 Å². The molecule has 0 spiro atoms. The summed E-state index contributed by atoms with van der Waals surface area (Å²) in [6.07, 6.45) is 0. The molecular weight excluding hydrogens is 298 g/mol. The Balaban J connectivity index is 1.84. The zero-order valence-electron chi connectivity index (χ0n) is 12.9. The number of rotatable bonds is 2. The third-order valence-electron chi connectivity index (χ3n) is 4.03. The van der Waals surface area contributed by atoms with E-state index in [1.165, 1.54) is 24.3 Å². The number of halogens is 2. The molecule has 1 N–H and O–H groups in total. The van der Waals surface area contributed by atoms with Crippen molar-refractivity contribution >= 4 is 5.91 Å². The molecule has 1 saturated heterocycles. The Hall–Kier alpha value is -2.27. The first-order valence-corrected chi connectivity index (χ1v) is 7.63. The van der Waals surface area contributed by atoms with E-state index in [4.69, 9.17) is 0 Å². The van der Waals surface area contributed by atoms with Gasteiger partial charge >= 0.3 is 0 Å². The summed E-state index contributed by atoms with van der Waals surface area (Å²) in [7, 11) is 0. The molecule has 1 aliphatic rings. The van der Waals surface area contributed by atoms with Crippen molar-refractivity contribution in [3.63, 3.8) is 0 Å². The van der Waals surface area contributed by atoms with E-state index in [1.807, 2.05) is 6.92 Å². The maximum atomic E-state index is 14.4. The molecule has 120 valence electrons. The molecular formula is C18H18F2N2O. The maximum absolute atomic E-state index is 14.4. The summed E-state index contributed by atoms with van der Waals surface area (Å²) >= 11 is 0. The average Bonchev–Trinajstić information content (AvgIpc) is 2.55. The van der Waals surface area contributed by atoms with Crippen LogP contribution in [0.2, 0.25) is 0 Å². The smallest absolute Gasteiger partial charge is 0.256 e. The lowest BCUT2D eigenvalue weighted by molar-refractivity contribution is 0.0704. The Morgan fingerprint density at radius 1 is 1.13 bits per heavy atom. The molecule has 3 rings (SSSR count). The molecule has 1 atom stereocenters. The Labute approximate surface area is 133 Å². The summed E-state index contributed by atoms with van der Waals surface area (Å²) in [6, 6.07) is 10.6. The monoisotopic (exact) mass is 316 g/mol. The molecule has 3 nitrogen and oxygen atoms in total. The third kappa shape index (κ3) is 3.40. The second kappa shape index (κ2) is 6.46. The molecule has 1 aliphatic heterocycles. The van der Waals surface area contributed by atoms with Crippen molar-refractivity contribution in [2.45, 2.75) is 13.0 Å². The van der Waals surface area contributed by atoms with Crippen LogP contribution in [0.1, 0.15) is 17.3 Å². The van der Waals surface area contributed by atoms with Gasteiger partial charge in [-0.25, -0.2) is 8.78 Å². The molecule has 0 radical (unpaired) electrons. The van der Waals surface area contributed by atoms with Gasteiger partial charge in [-0.1, -0.05) is 18.2 Å². The fraction of sp³-hybridized carbons (Fsp3) is 0.278. The van der Waals surface area contributed by atoms with Crippen LogP contribution in [-0.4, -0.2) is 36.5 Å². The van der Waals surface area contributed by atoms with Gasteiger partial charge in [0.05, 0.1) is 5.56 Å².